The molecule has 0 saturated carbocycles. The predicted molar refractivity (Wildman–Crippen MR) is 58.4 cm³/mol. The zero-order chi connectivity index (χ0) is 9.45. The third-order valence-electron chi connectivity index (χ3n) is 2.76. The molecule has 0 atom stereocenters. The van der Waals surface area contributed by atoms with E-state index in [0.717, 1.165) is 17.1 Å². The maximum atomic E-state index is 5.44. The van der Waals surface area contributed by atoms with Crippen molar-refractivity contribution in [2.75, 3.05) is 6.61 Å². The Bertz CT molecular complexity index is 87.0. The quantitative estimate of drug-likeness (QED) is 0.557. The SMILES string of the molecule is CCCC(CC)(CCC)CO[SiH3]. The number of hydrogen-bond donors (Lipinski definition) is 0. The first-order valence-electron chi connectivity index (χ1n) is 5.23. The summed E-state index contributed by atoms with van der Waals surface area (Å²) < 4.78 is 5.44. The fourth-order valence-corrected chi connectivity index (χ4v) is 2.70. The van der Waals surface area contributed by atoms with E-state index in [4.69, 9.17) is 4.43 Å². The minimum absolute atomic E-state index is 0.505. The second-order valence-electron chi connectivity index (χ2n) is 3.79. The first-order chi connectivity index (χ1) is 5.74. The van der Waals surface area contributed by atoms with E-state index >= 15 is 0 Å². The highest BCUT2D eigenvalue weighted by Gasteiger charge is 2.25. The molecule has 12 heavy (non-hydrogen) atoms. The zero-order valence-electron chi connectivity index (χ0n) is 9.15. The van der Waals surface area contributed by atoms with Gasteiger partial charge in [-0.05, 0) is 24.7 Å². The van der Waals surface area contributed by atoms with E-state index in [1.54, 1.807) is 0 Å². The Morgan fingerprint density at radius 1 is 1.08 bits per heavy atom. The predicted octanol–water partition coefficient (Wildman–Crippen LogP) is 2.28. The van der Waals surface area contributed by atoms with E-state index in [1.807, 2.05) is 0 Å². The van der Waals surface area contributed by atoms with Crippen LogP contribution >= 0.6 is 0 Å². The summed E-state index contributed by atoms with van der Waals surface area (Å²) in [7, 11) is 0.889. The molecule has 0 radical (unpaired) electrons. The van der Waals surface area contributed by atoms with Crippen LogP contribution < -0.4 is 0 Å². The van der Waals surface area contributed by atoms with Gasteiger partial charge in [0.2, 0.25) is 0 Å². The minimum atomic E-state index is 0.505. The van der Waals surface area contributed by atoms with Crippen LogP contribution in [-0.2, 0) is 4.43 Å². The summed E-state index contributed by atoms with van der Waals surface area (Å²) in [6, 6.07) is 0. The summed E-state index contributed by atoms with van der Waals surface area (Å²) in [6.07, 6.45) is 6.52. The molecule has 0 unspecified atom stereocenters. The fraction of sp³-hybridized carbons (Fsp3) is 1.00. The lowest BCUT2D eigenvalue weighted by Gasteiger charge is -2.31. The minimum Gasteiger partial charge on any atom is -0.427 e. The third kappa shape index (κ3) is 3.72. The van der Waals surface area contributed by atoms with Gasteiger partial charge in [-0.15, -0.1) is 0 Å². The van der Waals surface area contributed by atoms with Crippen LogP contribution in [0.1, 0.15) is 52.9 Å². The smallest absolute Gasteiger partial charge is 0.145 e. The average Bonchev–Trinajstić information content (AvgIpc) is 2.06. The molecule has 0 aromatic rings. The van der Waals surface area contributed by atoms with Gasteiger partial charge in [0.25, 0.3) is 0 Å². The molecule has 0 spiro atoms. The fourth-order valence-electron chi connectivity index (χ4n) is 2.09. The van der Waals surface area contributed by atoms with E-state index < -0.39 is 0 Å². The lowest BCUT2D eigenvalue weighted by Crippen LogP contribution is -2.25. The highest BCUT2D eigenvalue weighted by molar-refractivity contribution is 5.97. The lowest BCUT2D eigenvalue weighted by atomic mass is 9.78. The van der Waals surface area contributed by atoms with Crippen LogP contribution in [0.15, 0.2) is 0 Å². The summed E-state index contributed by atoms with van der Waals surface area (Å²) in [6.45, 7) is 7.84. The molecule has 2 heteroatoms. The topological polar surface area (TPSA) is 9.23 Å². The third-order valence-corrected chi connectivity index (χ3v) is 3.05. The highest BCUT2D eigenvalue weighted by Crippen LogP contribution is 2.33. The van der Waals surface area contributed by atoms with Gasteiger partial charge in [-0.1, -0.05) is 33.6 Å². The van der Waals surface area contributed by atoms with Crippen molar-refractivity contribution in [3.8, 4) is 0 Å². The standard InChI is InChI=1S/C10H24OSi/c1-4-7-10(6-3,8-5-2)9-11-12/h4-9H2,1-3,12H3. The molecule has 0 aromatic carbocycles. The molecule has 0 aliphatic heterocycles. The van der Waals surface area contributed by atoms with Gasteiger partial charge in [0, 0.05) is 6.61 Å². The van der Waals surface area contributed by atoms with Crippen molar-refractivity contribution in [2.45, 2.75) is 52.9 Å². The molecule has 0 amide bonds. The number of rotatable bonds is 7. The lowest BCUT2D eigenvalue weighted by molar-refractivity contribution is 0.122. The maximum absolute atomic E-state index is 5.44. The van der Waals surface area contributed by atoms with Crippen molar-refractivity contribution in [3.63, 3.8) is 0 Å². The van der Waals surface area contributed by atoms with Gasteiger partial charge in [-0.25, -0.2) is 0 Å². The van der Waals surface area contributed by atoms with Crippen molar-refractivity contribution >= 4 is 10.5 Å². The normalized spacial score (nSPS) is 12.2. The van der Waals surface area contributed by atoms with Crippen LogP contribution in [0, 0.1) is 5.41 Å². The van der Waals surface area contributed by atoms with E-state index in [1.165, 1.54) is 32.1 Å². The second-order valence-corrected chi connectivity index (χ2v) is 4.36. The average molecular weight is 188 g/mol. The van der Waals surface area contributed by atoms with E-state index in [-0.39, 0.29) is 0 Å². The van der Waals surface area contributed by atoms with Gasteiger partial charge < -0.3 is 4.43 Å². The zero-order valence-corrected chi connectivity index (χ0v) is 11.2. The van der Waals surface area contributed by atoms with Gasteiger partial charge in [0.1, 0.15) is 10.5 Å². The second kappa shape index (κ2) is 6.67. The van der Waals surface area contributed by atoms with Crippen molar-refractivity contribution in [1.82, 2.24) is 0 Å². The van der Waals surface area contributed by atoms with Crippen LogP contribution in [0.4, 0.5) is 0 Å². The summed E-state index contributed by atoms with van der Waals surface area (Å²) in [4.78, 5) is 0. The molecule has 0 aliphatic carbocycles. The molecule has 0 aliphatic rings. The Morgan fingerprint density at radius 2 is 1.58 bits per heavy atom. The van der Waals surface area contributed by atoms with Crippen LogP contribution in [0.5, 0.6) is 0 Å². The van der Waals surface area contributed by atoms with E-state index in [2.05, 4.69) is 20.8 Å². The molecular formula is C10H24OSi. The van der Waals surface area contributed by atoms with Gasteiger partial charge in [0.05, 0.1) is 0 Å². The van der Waals surface area contributed by atoms with Crippen molar-refractivity contribution in [1.29, 1.82) is 0 Å². The molecule has 0 bridgehead atoms. The Morgan fingerprint density at radius 3 is 1.83 bits per heavy atom. The van der Waals surface area contributed by atoms with Crippen molar-refractivity contribution in [3.05, 3.63) is 0 Å². The molecule has 0 N–H and O–H groups in total. The van der Waals surface area contributed by atoms with Crippen LogP contribution in [0.2, 0.25) is 0 Å². The molecule has 0 heterocycles. The first kappa shape index (κ1) is 12.2. The number of hydrogen-bond acceptors (Lipinski definition) is 1. The van der Waals surface area contributed by atoms with Crippen LogP contribution in [0.25, 0.3) is 0 Å². The molecule has 1 nitrogen and oxygen atoms in total. The maximum Gasteiger partial charge on any atom is 0.145 e. The van der Waals surface area contributed by atoms with Crippen molar-refractivity contribution in [2.24, 2.45) is 5.41 Å². The van der Waals surface area contributed by atoms with Gasteiger partial charge >= 0.3 is 0 Å². The summed E-state index contributed by atoms with van der Waals surface area (Å²) in [5.41, 5.74) is 0.505. The Hall–Kier alpha value is 0.177. The Labute approximate surface area is 80.4 Å². The molecule has 0 aromatic heterocycles. The van der Waals surface area contributed by atoms with E-state index in [0.29, 0.717) is 5.41 Å². The highest BCUT2D eigenvalue weighted by atomic mass is 28.2. The summed E-state index contributed by atoms with van der Waals surface area (Å²) in [5, 5.41) is 0. The molecular weight excluding hydrogens is 164 g/mol. The van der Waals surface area contributed by atoms with Crippen LogP contribution in [0.3, 0.4) is 0 Å². The molecule has 74 valence electrons. The molecule has 0 fully saturated rings. The van der Waals surface area contributed by atoms with Gasteiger partial charge in [-0.3, -0.25) is 0 Å². The van der Waals surface area contributed by atoms with Gasteiger partial charge in [-0.2, -0.15) is 0 Å². The summed E-state index contributed by atoms with van der Waals surface area (Å²) >= 11 is 0. The molecule has 0 saturated heterocycles. The van der Waals surface area contributed by atoms with E-state index in [9.17, 15) is 0 Å². The van der Waals surface area contributed by atoms with Gasteiger partial charge in [0.15, 0.2) is 0 Å². The first-order valence-corrected chi connectivity index (χ1v) is 6.05. The monoisotopic (exact) mass is 188 g/mol. The summed E-state index contributed by atoms with van der Waals surface area (Å²) in [5.74, 6) is 0. The Balaban J connectivity index is 4.06. The largest absolute Gasteiger partial charge is 0.427 e. The Kier molecular flexibility index (Phi) is 6.77. The van der Waals surface area contributed by atoms with Crippen molar-refractivity contribution < 1.29 is 4.43 Å². The molecule has 0 rings (SSSR count). The van der Waals surface area contributed by atoms with Crippen LogP contribution in [-0.4, -0.2) is 17.1 Å².